The Hall–Kier alpha value is -0.820. The molecule has 1 heteroatoms. The Labute approximate surface area is 61.3 Å². The first-order valence-corrected chi connectivity index (χ1v) is 3.48. The Morgan fingerprint density at radius 2 is 1.60 bits per heavy atom. The molecule has 1 aliphatic rings. The van der Waals surface area contributed by atoms with Gasteiger partial charge in [0.05, 0.1) is 0 Å². The predicted octanol–water partition coefficient (Wildman–Crippen LogP) is 1.79. The summed E-state index contributed by atoms with van der Waals surface area (Å²) in [6.07, 6.45) is 0. The van der Waals surface area contributed by atoms with E-state index in [4.69, 9.17) is 0 Å². The van der Waals surface area contributed by atoms with E-state index in [0.29, 0.717) is 0 Å². The van der Waals surface area contributed by atoms with Crippen molar-refractivity contribution in [3.8, 4) is 0 Å². The van der Waals surface area contributed by atoms with Gasteiger partial charge in [-0.1, -0.05) is 24.3 Å². The molecule has 2 rings (SSSR count). The molecule has 52 valence electrons. The highest BCUT2D eigenvalue weighted by Crippen LogP contribution is 2.20. The number of fused-ring (bicyclic) bond motifs is 1. The molecule has 0 N–H and O–H groups in total. The van der Waals surface area contributed by atoms with Gasteiger partial charge in [0.25, 0.3) is 0 Å². The molecule has 0 saturated heterocycles. The molecule has 0 aliphatic carbocycles. The molecule has 0 spiro atoms. The highest BCUT2D eigenvalue weighted by atomic mass is 15.1. The lowest BCUT2D eigenvalue weighted by Crippen LogP contribution is -2.03. The minimum atomic E-state index is 1.01. The monoisotopic (exact) mass is 132 g/mol. The molecule has 0 atom stereocenters. The number of nitrogens with zero attached hydrogens (tertiary/aromatic N) is 1. The second-order valence-electron chi connectivity index (χ2n) is 2.76. The third-order valence-electron chi connectivity index (χ3n) is 1.91. The zero-order chi connectivity index (χ0) is 6.97. The quantitative estimate of drug-likeness (QED) is 0.486. The summed E-state index contributed by atoms with van der Waals surface area (Å²) in [5, 5.41) is 0. The molecule has 0 radical (unpaired) electrons. The Morgan fingerprint density at radius 1 is 1.10 bits per heavy atom. The molecule has 0 unspecified atom stereocenters. The molecule has 10 heavy (non-hydrogen) atoms. The molecular formula is C9H10N-. The molecule has 0 bridgehead atoms. The van der Waals surface area contributed by atoms with Gasteiger partial charge in [-0.3, -0.25) is 7.05 Å². The van der Waals surface area contributed by atoms with E-state index >= 15 is 0 Å². The van der Waals surface area contributed by atoms with Crippen LogP contribution >= 0.6 is 0 Å². The maximum Gasteiger partial charge on any atom is -0.00394 e. The molecule has 0 saturated carbocycles. The van der Waals surface area contributed by atoms with Crippen LogP contribution in [0.2, 0.25) is 0 Å². The molecule has 0 fully saturated rings. The van der Waals surface area contributed by atoms with Crippen molar-refractivity contribution in [1.82, 2.24) is 4.90 Å². The van der Waals surface area contributed by atoms with Crippen molar-refractivity contribution in [2.24, 2.45) is 0 Å². The van der Waals surface area contributed by atoms with Crippen molar-refractivity contribution in [3.63, 3.8) is 0 Å². The van der Waals surface area contributed by atoms with E-state index < -0.39 is 0 Å². The topological polar surface area (TPSA) is 3.24 Å². The van der Waals surface area contributed by atoms with E-state index in [1.54, 1.807) is 0 Å². The summed E-state index contributed by atoms with van der Waals surface area (Å²) in [4.78, 5) is 2.07. The zero-order valence-corrected chi connectivity index (χ0v) is 5.88. The fourth-order valence-corrected chi connectivity index (χ4v) is 1.40. The van der Waals surface area contributed by atoms with Crippen molar-refractivity contribution in [1.29, 1.82) is 0 Å². The van der Waals surface area contributed by atoms with Crippen LogP contribution in [0.5, 0.6) is 0 Å². The average molecular weight is 132 g/mol. The summed E-state index contributed by atoms with van der Waals surface area (Å²) in [7, 11) is 3.89. The van der Waals surface area contributed by atoms with Gasteiger partial charge in [0.2, 0.25) is 0 Å². The molecule has 0 amide bonds. The molecule has 1 heterocycles. The Morgan fingerprint density at radius 3 is 2.10 bits per heavy atom. The van der Waals surface area contributed by atoms with Gasteiger partial charge >= 0.3 is 0 Å². The van der Waals surface area contributed by atoms with Gasteiger partial charge < -0.3 is 4.90 Å². The van der Waals surface area contributed by atoms with E-state index in [1.807, 2.05) is 0 Å². The second kappa shape index (κ2) is 2.10. The molecule has 1 nitrogen and oxygen atoms in total. The zero-order valence-electron chi connectivity index (χ0n) is 5.88. The van der Waals surface area contributed by atoms with Crippen LogP contribution in [0.15, 0.2) is 24.3 Å². The second-order valence-corrected chi connectivity index (χ2v) is 2.76. The van der Waals surface area contributed by atoms with Crippen LogP contribution < -0.4 is 0 Å². The highest BCUT2D eigenvalue weighted by molar-refractivity contribution is 5.30. The standard InChI is InChI=1S/C9H10N/c1-10-6-8-4-2-3-5-9(8)7-10/h2-5H,1,6-7H2/q-1. The van der Waals surface area contributed by atoms with Crippen LogP contribution in [-0.2, 0) is 13.1 Å². The van der Waals surface area contributed by atoms with Crippen molar-refractivity contribution >= 4 is 0 Å². The minimum Gasteiger partial charge on any atom is -0.452 e. The van der Waals surface area contributed by atoms with Crippen LogP contribution in [0.25, 0.3) is 0 Å². The van der Waals surface area contributed by atoms with Gasteiger partial charge in [0, 0.05) is 0 Å². The van der Waals surface area contributed by atoms with Crippen molar-refractivity contribution in [3.05, 3.63) is 42.4 Å². The summed E-state index contributed by atoms with van der Waals surface area (Å²) in [5.41, 5.74) is 2.86. The number of rotatable bonds is 0. The maximum atomic E-state index is 3.89. The Balaban J connectivity index is 2.42. The first kappa shape index (κ1) is 5.93. The Bertz CT molecular complexity index is 217. The lowest BCUT2D eigenvalue weighted by atomic mass is 10.1. The van der Waals surface area contributed by atoms with Crippen molar-refractivity contribution < 1.29 is 0 Å². The molecular weight excluding hydrogens is 122 g/mol. The first-order chi connectivity index (χ1) is 4.86. The lowest BCUT2D eigenvalue weighted by molar-refractivity contribution is 0.393. The third-order valence-corrected chi connectivity index (χ3v) is 1.91. The summed E-state index contributed by atoms with van der Waals surface area (Å²) in [5.74, 6) is 0. The highest BCUT2D eigenvalue weighted by Gasteiger charge is 2.08. The summed E-state index contributed by atoms with van der Waals surface area (Å²) >= 11 is 0. The summed E-state index contributed by atoms with van der Waals surface area (Å²) in [6, 6.07) is 8.50. The van der Waals surface area contributed by atoms with Gasteiger partial charge in [-0.15, -0.1) is 0 Å². The van der Waals surface area contributed by atoms with Crippen LogP contribution in [0, 0.1) is 7.05 Å². The molecule has 1 aliphatic heterocycles. The van der Waals surface area contributed by atoms with Crippen molar-refractivity contribution in [2.45, 2.75) is 13.1 Å². The average Bonchev–Trinajstić information content (AvgIpc) is 2.27. The van der Waals surface area contributed by atoms with E-state index in [9.17, 15) is 0 Å². The van der Waals surface area contributed by atoms with Gasteiger partial charge in [-0.2, -0.15) is 0 Å². The van der Waals surface area contributed by atoms with E-state index in [1.165, 1.54) is 11.1 Å². The summed E-state index contributed by atoms with van der Waals surface area (Å²) < 4.78 is 0. The first-order valence-electron chi connectivity index (χ1n) is 3.48. The molecule has 1 aromatic rings. The smallest absolute Gasteiger partial charge is 0.00394 e. The fraction of sp³-hybridized carbons (Fsp3) is 0.222. The number of hydrogen-bond acceptors (Lipinski definition) is 1. The van der Waals surface area contributed by atoms with Gasteiger partial charge in [-0.05, 0) is 24.2 Å². The number of hydrogen-bond donors (Lipinski definition) is 0. The van der Waals surface area contributed by atoms with E-state index in [0.717, 1.165) is 13.1 Å². The predicted molar refractivity (Wildman–Crippen MR) is 41.0 cm³/mol. The van der Waals surface area contributed by atoms with Crippen molar-refractivity contribution in [2.75, 3.05) is 0 Å². The van der Waals surface area contributed by atoms with Crippen LogP contribution in [0.4, 0.5) is 0 Å². The van der Waals surface area contributed by atoms with E-state index in [2.05, 4.69) is 36.2 Å². The van der Waals surface area contributed by atoms with Gasteiger partial charge in [-0.25, -0.2) is 0 Å². The normalized spacial score (nSPS) is 17.3. The van der Waals surface area contributed by atoms with Gasteiger partial charge in [0.1, 0.15) is 0 Å². The SMILES string of the molecule is [CH2-]N1Cc2ccccc2C1. The van der Waals surface area contributed by atoms with Gasteiger partial charge in [0.15, 0.2) is 0 Å². The Kier molecular flexibility index (Phi) is 1.24. The van der Waals surface area contributed by atoms with Crippen LogP contribution in [-0.4, -0.2) is 4.90 Å². The maximum absolute atomic E-state index is 3.89. The minimum absolute atomic E-state index is 1.01. The largest absolute Gasteiger partial charge is 0.452 e. The molecule has 0 aromatic heterocycles. The fourth-order valence-electron chi connectivity index (χ4n) is 1.40. The van der Waals surface area contributed by atoms with E-state index in [-0.39, 0.29) is 0 Å². The number of benzene rings is 1. The summed E-state index contributed by atoms with van der Waals surface area (Å²) in [6.45, 7) is 2.02. The third kappa shape index (κ3) is 0.830. The van der Waals surface area contributed by atoms with Crippen LogP contribution in [0.3, 0.4) is 0 Å². The van der Waals surface area contributed by atoms with Crippen LogP contribution in [0.1, 0.15) is 11.1 Å². The molecule has 1 aromatic carbocycles. The lowest BCUT2D eigenvalue weighted by Gasteiger charge is -2.14.